The summed E-state index contributed by atoms with van der Waals surface area (Å²) in [6.45, 7) is 0. The summed E-state index contributed by atoms with van der Waals surface area (Å²) in [6, 6.07) is 30.6. The number of nitrogens with one attached hydrogen (secondary N) is 1. The molecule has 4 aromatic carbocycles. The van der Waals surface area contributed by atoms with Crippen molar-refractivity contribution in [1.82, 2.24) is 0 Å². The highest BCUT2D eigenvalue weighted by Gasteiger charge is 2.25. The molecule has 0 saturated heterocycles. The van der Waals surface area contributed by atoms with Crippen LogP contribution in [0.3, 0.4) is 0 Å². The maximum absolute atomic E-state index is 13.6. The molecule has 5 rings (SSSR count). The van der Waals surface area contributed by atoms with E-state index in [1.807, 2.05) is 65.6 Å². The van der Waals surface area contributed by atoms with Crippen molar-refractivity contribution in [1.29, 1.82) is 0 Å². The fourth-order valence-electron chi connectivity index (χ4n) is 4.25. The molecule has 0 spiro atoms. The topological polar surface area (TPSA) is 49.4 Å². The SMILES string of the molecule is O=C(Nc1cccc(SCC(=O)N2c3ccccc3CCc3ccccc32)c1)c1cccc(Cl)c1. The second-order valence-corrected chi connectivity index (χ2v) is 9.75. The van der Waals surface area contributed by atoms with Crippen LogP contribution in [0.1, 0.15) is 21.5 Å². The molecule has 0 unspecified atom stereocenters. The number of para-hydroxylation sites is 2. The van der Waals surface area contributed by atoms with Gasteiger partial charge in [0.1, 0.15) is 0 Å². The van der Waals surface area contributed by atoms with Crippen molar-refractivity contribution in [2.75, 3.05) is 16.0 Å². The second kappa shape index (κ2) is 10.4. The van der Waals surface area contributed by atoms with E-state index < -0.39 is 0 Å². The first kappa shape index (κ1) is 23.2. The number of carbonyl (C=O) groups is 2. The monoisotopic (exact) mass is 498 g/mol. The first-order valence-electron chi connectivity index (χ1n) is 11.4. The Morgan fingerprint density at radius 1 is 0.800 bits per heavy atom. The van der Waals surface area contributed by atoms with Crippen LogP contribution >= 0.6 is 23.4 Å². The van der Waals surface area contributed by atoms with Gasteiger partial charge in [0, 0.05) is 21.2 Å². The Morgan fingerprint density at radius 3 is 2.14 bits per heavy atom. The van der Waals surface area contributed by atoms with Crippen molar-refractivity contribution < 1.29 is 9.59 Å². The van der Waals surface area contributed by atoms with Gasteiger partial charge in [0.05, 0.1) is 17.1 Å². The van der Waals surface area contributed by atoms with E-state index in [9.17, 15) is 9.59 Å². The fraction of sp³-hybridized carbons (Fsp3) is 0.103. The van der Waals surface area contributed by atoms with Gasteiger partial charge < -0.3 is 5.32 Å². The Hall–Kier alpha value is -3.54. The van der Waals surface area contributed by atoms with Crippen molar-refractivity contribution in [3.63, 3.8) is 0 Å². The number of carbonyl (C=O) groups excluding carboxylic acids is 2. The number of aryl methyl sites for hydroxylation is 2. The minimum absolute atomic E-state index is 0.0187. The average molecular weight is 499 g/mol. The van der Waals surface area contributed by atoms with Crippen LogP contribution in [-0.2, 0) is 17.6 Å². The second-order valence-electron chi connectivity index (χ2n) is 8.27. The number of anilines is 3. The molecule has 1 N–H and O–H groups in total. The van der Waals surface area contributed by atoms with E-state index in [0.29, 0.717) is 16.3 Å². The predicted octanol–water partition coefficient (Wildman–Crippen LogP) is 7.15. The summed E-state index contributed by atoms with van der Waals surface area (Å²) in [6.07, 6.45) is 1.80. The molecular weight excluding hydrogens is 476 g/mol. The van der Waals surface area contributed by atoms with Crippen LogP contribution in [0.2, 0.25) is 5.02 Å². The van der Waals surface area contributed by atoms with Crippen molar-refractivity contribution in [3.05, 3.63) is 119 Å². The molecule has 0 saturated carbocycles. The summed E-state index contributed by atoms with van der Waals surface area (Å²) in [5, 5.41) is 3.42. The van der Waals surface area contributed by atoms with Gasteiger partial charge in [0.15, 0.2) is 0 Å². The first-order valence-corrected chi connectivity index (χ1v) is 12.7. The number of halogens is 1. The van der Waals surface area contributed by atoms with E-state index in [0.717, 1.165) is 29.1 Å². The van der Waals surface area contributed by atoms with Gasteiger partial charge in [-0.1, -0.05) is 60.1 Å². The van der Waals surface area contributed by atoms with E-state index in [4.69, 9.17) is 11.6 Å². The number of amides is 2. The van der Waals surface area contributed by atoms with Crippen LogP contribution < -0.4 is 10.2 Å². The van der Waals surface area contributed by atoms with E-state index in [2.05, 4.69) is 17.4 Å². The van der Waals surface area contributed by atoms with Crippen LogP contribution in [-0.4, -0.2) is 17.6 Å². The van der Waals surface area contributed by atoms with Crippen LogP contribution in [0.5, 0.6) is 0 Å². The Bertz CT molecular complexity index is 1360. The molecule has 0 aliphatic carbocycles. The molecule has 0 aromatic heterocycles. The van der Waals surface area contributed by atoms with Crippen LogP contribution in [0, 0.1) is 0 Å². The first-order chi connectivity index (χ1) is 17.1. The lowest BCUT2D eigenvalue weighted by molar-refractivity contribution is -0.115. The highest BCUT2D eigenvalue weighted by Crippen LogP contribution is 2.37. The zero-order chi connectivity index (χ0) is 24.2. The molecule has 1 aliphatic heterocycles. The number of thioether (sulfide) groups is 1. The smallest absolute Gasteiger partial charge is 0.255 e. The van der Waals surface area contributed by atoms with E-state index in [1.165, 1.54) is 22.9 Å². The molecule has 1 aliphatic rings. The minimum Gasteiger partial charge on any atom is -0.322 e. The largest absolute Gasteiger partial charge is 0.322 e. The van der Waals surface area contributed by atoms with E-state index in [-0.39, 0.29) is 17.6 Å². The molecule has 4 aromatic rings. The number of hydrogen-bond donors (Lipinski definition) is 1. The minimum atomic E-state index is -0.233. The van der Waals surface area contributed by atoms with Crippen LogP contribution in [0.4, 0.5) is 17.1 Å². The normalized spacial score (nSPS) is 12.3. The third-order valence-electron chi connectivity index (χ3n) is 5.92. The lowest BCUT2D eigenvalue weighted by atomic mass is 10.0. The number of nitrogens with zero attached hydrogens (tertiary/aromatic N) is 1. The van der Waals surface area contributed by atoms with Crippen LogP contribution in [0.25, 0.3) is 0 Å². The maximum Gasteiger partial charge on any atom is 0.255 e. The summed E-state index contributed by atoms with van der Waals surface area (Å²) in [5.74, 6) is 0.0580. The highest BCUT2D eigenvalue weighted by molar-refractivity contribution is 8.00. The lowest BCUT2D eigenvalue weighted by Crippen LogP contribution is -2.28. The summed E-state index contributed by atoms with van der Waals surface area (Å²) in [4.78, 5) is 28.9. The molecule has 0 radical (unpaired) electrons. The predicted molar refractivity (Wildman–Crippen MR) is 144 cm³/mol. The molecule has 4 nitrogen and oxygen atoms in total. The fourth-order valence-corrected chi connectivity index (χ4v) is 5.25. The number of benzene rings is 4. The number of rotatable bonds is 5. The summed E-state index contributed by atoms with van der Waals surface area (Å²) in [7, 11) is 0. The summed E-state index contributed by atoms with van der Waals surface area (Å²) >= 11 is 7.46. The van der Waals surface area contributed by atoms with Gasteiger partial charge in [-0.25, -0.2) is 0 Å². The lowest BCUT2D eigenvalue weighted by Gasteiger charge is -2.25. The summed E-state index contributed by atoms with van der Waals surface area (Å²) < 4.78 is 0. The Morgan fingerprint density at radius 2 is 1.46 bits per heavy atom. The molecule has 2 amide bonds. The van der Waals surface area contributed by atoms with E-state index >= 15 is 0 Å². The Labute approximate surface area is 213 Å². The number of hydrogen-bond acceptors (Lipinski definition) is 3. The third-order valence-corrected chi connectivity index (χ3v) is 7.13. The van der Waals surface area contributed by atoms with Gasteiger partial charge in [-0.15, -0.1) is 11.8 Å². The Balaban J connectivity index is 1.33. The van der Waals surface area contributed by atoms with E-state index in [1.54, 1.807) is 24.3 Å². The summed E-state index contributed by atoms with van der Waals surface area (Å²) in [5.41, 5.74) is 5.40. The maximum atomic E-state index is 13.6. The number of fused-ring (bicyclic) bond motifs is 2. The van der Waals surface area contributed by atoms with Crippen molar-refractivity contribution in [2.24, 2.45) is 0 Å². The quantitative estimate of drug-likeness (QED) is 0.297. The molecular formula is C29H23ClN2O2S. The molecule has 0 atom stereocenters. The van der Waals surface area contributed by atoms with Gasteiger partial charge in [0.2, 0.25) is 5.91 Å². The van der Waals surface area contributed by atoms with Gasteiger partial charge >= 0.3 is 0 Å². The standard InChI is InChI=1S/C29H23ClN2O2S/c30-23-10-5-9-22(17-23)29(34)31-24-11-6-12-25(18-24)35-19-28(33)32-26-13-3-1-7-20(26)15-16-21-8-2-4-14-27(21)32/h1-14,17-18H,15-16,19H2,(H,31,34). The zero-order valence-corrected chi connectivity index (χ0v) is 20.5. The zero-order valence-electron chi connectivity index (χ0n) is 18.9. The van der Waals surface area contributed by atoms with Crippen molar-refractivity contribution in [2.45, 2.75) is 17.7 Å². The molecule has 0 fully saturated rings. The highest BCUT2D eigenvalue weighted by atomic mass is 35.5. The van der Waals surface area contributed by atoms with Gasteiger partial charge in [-0.3, -0.25) is 14.5 Å². The molecule has 0 bridgehead atoms. The van der Waals surface area contributed by atoms with Crippen molar-refractivity contribution in [3.8, 4) is 0 Å². The third kappa shape index (κ3) is 5.26. The average Bonchev–Trinajstić information content (AvgIpc) is 3.04. The molecule has 174 valence electrons. The molecule has 6 heteroatoms. The molecule has 1 heterocycles. The van der Waals surface area contributed by atoms with Gasteiger partial charge in [0.25, 0.3) is 5.91 Å². The Kier molecular flexibility index (Phi) is 6.89. The van der Waals surface area contributed by atoms with Crippen LogP contribution in [0.15, 0.2) is 102 Å². The van der Waals surface area contributed by atoms with Gasteiger partial charge in [-0.2, -0.15) is 0 Å². The van der Waals surface area contributed by atoms with Crippen molar-refractivity contribution >= 4 is 52.2 Å². The van der Waals surface area contributed by atoms with Gasteiger partial charge in [-0.05, 0) is 72.5 Å². The molecule has 35 heavy (non-hydrogen) atoms.